The first-order valence-electron chi connectivity index (χ1n) is 12.8. The number of anilines is 1. The topological polar surface area (TPSA) is 50.0 Å². The van der Waals surface area contributed by atoms with Crippen LogP contribution < -0.4 is 15.2 Å². The van der Waals surface area contributed by atoms with E-state index in [0.29, 0.717) is 42.7 Å². The average Bonchev–Trinajstić information content (AvgIpc) is 2.79. The molecule has 2 aromatic rings. The summed E-state index contributed by atoms with van der Waals surface area (Å²) in [5, 5.41) is 0.279. The number of piperazine rings is 1. The molecule has 6 nitrogen and oxygen atoms in total. The van der Waals surface area contributed by atoms with E-state index in [2.05, 4.69) is 39.6 Å². The minimum absolute atomic E-state index is 0.136. The summed E-state index contributed by atoms with van der Waals surface area (Å²) >= 11 is 0. The van der Waals surface area contributed by atoms with Crippen LogP contribution in [-0.4, -0.2) is 61.7 Å². The molecule has 0 unspecified atom stereocenters. The summed E-state index contributed by atoms with van der Waals surface area (Å²) in [6.45, 7) is 15.8. The SMILES string of the molecule is CCn1cc(C(=O)N(CCC(C)C)CCC(C)C)c(=O)c2cc(F)c(N3CC[NH+](C)CC3)cc21. The molecule has 0 spiro atoms. The molecule has 1 saturated heterocycles. The highest BCUT2D eigenvalue weighted by Crippen LogP contribution is 2.26. The maximum absolute atomic E-state index is 15.2. The maximum Gasteiger partial charge on any atom is 0.259 e. The van der Waals surface area contributed by atoms with Crippen molar-refractivity contribution >= 4 is 22.5 Å². The zero-order valence-electron chi connectivity index (χ0n) is 21.8. The number of likely N-dealkylation sites (N-methyl/N-ethyl adjacent to an activating group) is 1. The number of aryl methyl sites for hydroxylation is 1. The fourth-order valence-corrected chi connectivity index (χ4v) is 4.50. The van der Waals surface area contributed by atoms with Gasteiger partial charge in [-0.2, -0.15) is 0 Å². The molecule has 2 heterocycles. The number of hydrogen-bond acceptors (Lipinski definition) is 3. The minimum atomic E-state index is -0.395. The molecule has 0 radical (unpaired) electrons. The van der Waals surface area contributed by atoms with Crippen molar-refractivity contribution in [3.63, 3.8) is 0 Å². The summed E-state index contributed by atoms with van der Waals surface area (Å²) in [5.74, 6) is 0.277. The number of halogens is 1. The van der Waals surface area contributed by atoms with Crippen LogP contribution in [0.5, 0.6) is 0 Å². The van der Waals surface area contributed by atoms with Crippen molar-refractivity contribution in [3.05, 3.63) is 39.9 Å². The zero-order chi connectivity index (χ0) is 25.0. The Kier molecular flexibility index (Phi) is 8.74. The number of hydrogen-bond donors (Lipinski definition) is 1. The van der Waals surface area contributed by atoms with Crippen LogP contribution in [0.15, 0.2) is 23.1 Å². The number of nitrogens with one attached hydrogen (secondary N) is 1. The smallest absolute Gasteiger partial charge is 0.259 e. The molecule has 1 aliphatic heterocycles. The number of fused-ring (bicyclic) bond motifs is 1. The average molecular weight is 474 g/mol. The van der Waals surface area contributed by atoms with E-state index in [4.69, 9.17) is 0 Å². The third-order valence-corrected chi connectivity index (χ3v) is 6.92. The van der Waals surface area contributed by atoms with E-state index in [1.54, 1.807) is 17.2 Å². The van der Waals surface area contributed by atoms with Gasteiger partial charge in [0.1, 0.15) is 11.4 Å². The molecule has 0 atom stereocenters. The Hall–Kier alpha value is -2.41. The molecular weight excluding hydrogens is 431 g/mol. The number of quaternary nitrogens is 1. The van der Waals surface area contributed by atoms with Crippen molar-refractivity contribution in [3.8, 4) is 0 Å². The highest BCUT2D eigenvalue weighted by molar-refractivity contribution is 5.98. The molecule has 7 heteroatoms. The Labute approximate surface area is 203 Å². The van der Waals surface area contributed by atoms with Crippen LogP contribution in [0.3, 0.4) is 0 Å². The lowest BCUT2D eigenvalue weighted by molar-refractivity contribution is -0.880. The lowest BCUT2D eigenvalue weighted by Crippen LogP contribution is -3.12. The molecule has 0 saturated carbocycles. The van der Waals surface area contributed by atoms with E-state index in [9.17, 15) is 9.59 Å². The summed E-state index contributed by atoms with van der Waals surface area (Å²) in [5.41, 5.74) is 0.980. The van der Waals surface area contributed by atoms with Crippen molar-refractivity contribution < 1.29 is 14.1 Å². The zero-order valence-corrected chi connectivity index (χ0v) is 21.8. The van der Waals surface area contributed by atoms with E-state index in [1.165, 1.54) is 11.0 Å². The first kappa shape index (κ1) is 26.2. The van der Waals surface area contributed by atoms with Crippen LogP contribution in [0.4, 0.5) is 10.1 Å². The van der Waals surface area contributed by atoms with Gasteiger partial charge in [0.15, 0.2) is 0 Å². The Balaban J connectivity index is 2.02. The monoisotopic (exact) mass is 473 g/mol. The molecule has 1 aliphatic rings. The first-order chi connectivity index (χ1) is 16.1. The van der Waals surface area contributed by atoms with E-state index >= 15 is 4.39 Å². The number of nitrogens with zero attached hydrogens (tertiary/aromatic N) is 3. The van der Waals surface area contributed by atoms with Crippen molar-refractivity contribution in [1.82, 2.24) is 9.47 Å². The molecule has 0 aliphatic carbocycles. The summed E-state index contributed by atoms with van der Waals surface area (Å²) in [6.07, 6.45) is 3.44. The number of pyridine rings is 1. The third-order valence-electron chi connectivity index (χ3n) is 6.92. The molecule has 3 rings (SSSR count). The van der Waals surface area contributed by atoms with Crippen LogP contribution in [0.2, 0.25) is 0 Å². The second kappa shape index (κ2) is 11.3. The molecule has 0 bridgehead atoms. The number of carbonyl (C=O) groups is 1. The van der Waals surface area contributed by atoms with Crippen LogP contribution in [0, 0.1) is 17.7 Å². The number of rotatable bonds is 9. The quantitative estimate of drug-likeness (QED) is 0.609. The summed E-state index contributed by atoms with van der Waals surface area (Å²) in [6, 6.07) is 3.13. The predicted molar refractivity (Wildman–Crippen MR) is 137 cm³/mol. The Morgan fingerprint density at radius 3 is 2.21 bits per heavy atom. The molecule has 1 fully saturated rings. The minimum Gasteiger partial charge on any atom is -0.358 e. The number of amides is 1. The van der Waals surface area contributed by atoms with E-state index in [1.807, 2.05) is 11.5 Å². The van der Waals surface area contributed by atoms with Gasteiger partial charge in [-0.05, 0) is 43.7 Å². The van der Waals surface area contributed by atoms with Crippen LogP contribution >= 0.6 is 0 Å². The van der Waals surface area contributed by atoms with Gasteiger partial charge in [0.05, 0.1) is 44.4 Å². The standard InChI is InChI=1S/C27H41FN4O2/c1-7-30-18-22(27(34)32(10-8-19(2)3)11-9-20(4)5)26(33)21-16-23(28)25(17-24(21)30)31-14-12-29(6)13-15-31/h16-20H,7-15H2,1-6H3/p+1. The fraction of sp³-hybridized carbons (Fsp3) is 0.630. The second-order valence-electron chi connectivity index (χ2n) is 10.6. The summed E-state index contributed by atoms with van der Waals surface area (Å²) in [4.78, 5) is 32.3. The van der Waals surface area contributed by atoms with Crippen molar-refractivity contribution in [2.24, 2.45) is 11.8 Å². The normalized spacial score (nSPS) is 15.0. The van der Waals surface area contributed by atoms with Crippen molar-refractivity contribution in [2.75, 3.05) is 51.2 Å². The third kappa shape index (κ3) is 5.98. The van der Waals surface area contributed by atoms with Gasteiger partial charge in [-0.3, -0.25) is 9.59 Å². The summed E-state index contributed by atoms with van der Waals surface area (Å²) < 4.78 is 17.1. The highest BCUT2D eigenvalue weighted by atomic mass is 19.1. The highest BCUT2D eigenvalue weighted by Gasteiger charge is 2.25. The Bertz CT molecular complexity index is 1040. The predicted octanol–water partition coefficient (Wildman–Crippen LogP) is 3.03. The van der Waals surface area contributed by atoms with Crippen molar-refractivity contribution in [1.29, 1.82) is 0 Å². The van der Waals surface area contributed by atoms with Crippen molar-refractivity contribution in [2.45, 2.75) is 54.0 Å². The maximum atomic E-state index is 15.2. The first-order valence-corrected chi connectivity index (χ1v) is 12.8. The molecule has 1 N–H and O–H groups in total. The molecule has 1 aromatic carbocycles. The van der Waals surface area contributed by atoms with E-state index in [0.717, 1.165) is 39.0 Å². The molecule has 1 aromatic heterocycles. The van der Waals surface area contributed by atoms with Gasteiger partial charge in [0, 0.05) is 31.2 Å². The van der Waals surface area contributed by atoms with Gasteiger partial charge >= 0.3 is 0 Å². The van der Waals surface area contributed by atoms with E-state index < -0.39 is 5.82 Å². The second-order valence-corrected chi connectivity index (χ2v) is 10.6. The van der Waals surface area contributed by atoms with Gasteiger partial charge in [-0.25, -0.2) is 4.39 Å². The number of aromatic nitrogens is 1. The lowest BCUT2D eigenvalue weighted by Gasteiger charge is -2.32. The van der Waals surface area contributed by atoms with Crippen LogP contribution in [0.1, 0.15) is 57.8 Å². The largest absolute Gasteiger partial charge is 0.358 e. The van der Waals surface area contributed by atoms with Gasteiger partial charge in [-0.15, -0.1) is 0 Å². The molecule has 1 amide bonds. The van der Waals surface area contributed by atoms with Gasteiger partial charge < -0.3 is 19.3 Å². The number of benzene rings is 1. The summed E-state index contributed by atoms with van der Waals surface area (Å²) in [7, 11) is 2.15. The van der Waals surface area contributed by atoms with E-state index in [-0.39, 0.29) is 22.3 Å². The molecular formula is C27H42FN4O2+. The fourth-order valence-electron chi connectivity index (χ4n) is 4.50. The Morgan fingerprint density at radius 1 is 1.09 bits per heavy atom. The lowest BCUT2D eigenvalue weighted by atomic mass is 10.1. The van der Waals surface area contributed by atoms with Crippen LogP contribution in [0.25, 0.3) is 10.9 Å². The number of carbonyl (C=O) groups excluding carboxylic acids is 1. The Morgan fingerprint density at radius 2 is 1.68 bits per heavy atom. The van der Waals surface area contributed by atoms with Gasteiger partial charge in [-0.1, -0.05) is 27.7 Å². The molecule has 188 valence electrons. The van der Waals surface area contributed by atoms with Crippen LogP contribution in [-0.2, 0) is 6.54 Å². The van der Waals surface area contributed by atoms with Gasteiger partial charge in [0.25, 0.3) is 5.91 Å². The van der Waals surface area contributed by atoms with Gasteiger partial charge in [0.2, 0.25) is 5.43 Å². The molecule has 34 heavy (non-hydrogen) atoms.